The molecule has 6 bridgehead atoms. The number of rotatable bonds is 3. The maximum Gasteiger partial charge on any atom is 0.337 e. The summed E-state index contributed by atoms with van der Waals surface area (Å²) in [5, 5.41) is 15.3. The summed E-state index contributed by atoms with van der Waals surface area (Å²) in [6.07, 6.45) is -1.30. The van der Waals surface area contributed by atoms with Crippen LogP contribution >= 0.6 is 0 Å². The SMILES string of the molecule is Cc1nc2cc3nn2c(c1[C@H](OC(C)(C)C)C(=O)O)-c1ccc(cc1)OCCOCCOc1cc(F)ccc1-c1cccc-3c1. The first kappa shape index (κ1) is 30.2. The van der Waals surface area contributed by atoms with E-state index < -0.39 is 23.5 Å². The van der Waals surface area contributed by atoms with Crippen LogP contribution in [0.25, 0.3) is 39.3 Å². The number of carboxylic acid groups (broad SMARTS) is 1. The molecule has 2 aromatic heterocycles. The number of fused-ring (bicyclic) bond motifs is 8. The van der Waals surface area contributed by atoms with E-state index in [1.165, 1.54) is 12.1 Å². The fourth-order valence-corrected chi connectivity index (χ4v) is 5.39. The van der Waals surface area contributed by atoms with Crippen molar-refractivity contribution in [3.05, 3.63) is 89.9 Å². The van der Waals surface area contributed by atoms with Crippen LogP contribution in [0.1, 0.15) is 38.1 Å². The van der Waals surface area contributed by atoms with Crippen LogP contribution in [0.4, 0.5) is 4.39 Å². The Morgan fingerprint density at radius 1 is 0.933 bits per heavy atom. The van der Waals surface area contributed by atoms with E-state index in [4.69, 9.17) is 29.0 Å². The second-order valence-electron chi connectivity index (χ2n) is 11.8. The molecule has 0 spiro atoms. The largest absolute Gasteiger partial charge is 0.491 e. The normalized spacial score (nSPS) is 14.4. The zero-order valence-electron chi connectivity index (χ0n) is 25.5. The second-order valence-corrected chi connectivity index (χ2v) is 11.8. The number of ether oxygens (including phenoxy) is 4. The summed E-state index contributed by atoms with van der Waals surface area (Å²) in [5.41, 5.74) is 4.94. The Bertz CT molecular complexity index is 1860. The van der Waals surface area contributed by atoms with Gasteiger partial charge in [0, 0.05) is 40.1 Å². The maximum atomic E-state index is 14.2. The van der Waals surface area contributed by atoms with Crippen molar-refractivity contribution in [2.24, 2.45) is 0 Å². The highest BCUT2D eigenvalue weighted by Gasteiger charge is 2.33. The molecule has 1 N–H and O–H groups in total. The Hall–Kier alpha value is -4.80. The molecule has 0 fully saturated rings. The van der Waals surface area contributed by atoms with E-state index in [2.05, 4.69) is 0 Å². The third kappa shape index (κ3) is 6.52. The Morgan fingerprint density at radius 3 is 2.40 bits per heavy atom. The lowest BCUT2D eigenvalue weighted by molar-refractivity contribution is -0.160. The molecule has 2 aliphatic heterocycles. The molecule has 45 heavy (non-hydrogen) atoms. The molecular weight excluding hydrogens is 577 g/mol. The summed E-state index contributed by atoms with van der Waals surface area (Å²) in [6.45, 7) is 8.41. The summed E-state index contributed by atoms with van der Waals surface area (Å²) >= 11 is 0. The van der Waals surface area contributed by atoms with Gasteiger partial charge in [0.2, 0.25) is 0 Å². The number of hydrogen-bond acceptors (Lipinski definition) is 7. The van der Waals surface area contributed by atoms with Crippen molar-refractivity contribution in [3.63, 3.8) is 0 Å². The minimum absolute atomic E-state index is 0.240. The van der Waals surface area contributed by atoms with E-state index in [0.29, 0.717) is 59.6 Å². The minimum Gasteiger partial charge on any atom is -0.491 e. The van der Waals surface area contributed by atoms with Crippen LogP contribution in [0, 0.1) is 12.7 Å². The van der Waals surface area contributed by atoms with Crippen LogP contribution in [-0.2, 0) is 14.3 Å². The van der Waals surface area contributed by atoms with Gasteiger partial charge in [-0.2, -0.15) is 5.10 Å². The molecule has 0 saturated carbocycles. The highest BCUT2D eigenvalue weighted by Crippen LogP contribution is 2.38. The molecule has 0 saturated heterocycles. The zero-order valence-corrected chi connectivity index (χ0v) is 25.5. The summed E-state index contributed by atoms with van der Waals surface area (Å²) in [6, 6.07) is 21.4. The van der Waals surface area contributed by atoms with Gasteiger partial charge in [-0.25, -0.2) is 18.7 Å². The van der Waals surface area contributed by atoms with Crippen molar-refractivity contribution in [1.82, 2.24) is 14.6 Å². The van der Waals surface area contributed by atoms with E-state index in [-0.39, 0.29) is 6.61 Å². The lowest BCUT2D eigenvalue weighted by atomic mass is 9.98. The topological polar surface area (TPSA) is 104 Å². The number of carboxylic acids is 1. The molecule has 232 valence electrons. The van der Waals surface area contributed by atoms with E-state index in [1.807, 2.05) is 75.4 Å². The first-order chi connectivity index (χ1) is 21.6. The molecule has 4 heterocycles. The third-order valence-corrected chi connectivity index (χ3v) is 7.31. The highest BCUT2D eigenvalue weighted by molar-refractivity contribution is 5.81. The number of nitrogens with zero attached hydrogens (tertiary/aromatic N) is 3. The Balaban J connectivity index is 1.57. The van der Waals surface area contributed by atoms with Gasteiger partial charge in [0.05, 0.1) is 30.2 Å². The Kier molecular flexibility index (Phi) is 8.26. The van der Waals surface area contributed by atoms with Gasteiger partial charge in [-0.05, 0) is 75.7 Å². The van der Waals surface area contributed by atoms with Crippen LogP contribution in [0.2, 0.25) is 0 Å². The van der Waals surface area contributed by atoms with Crippen molar-refractivity contribution in [2.75, 3.05) is 26.4 Å². The maximum absolute atomic E-state index is 14.2. The van der Waals surface area contributed by atoms with Gasteiger partial charge in [-0.1, -0.05) is 18.2 Å². The van der Waals surface area contributed by atoms with Crippen molar-refractivity contribution in [2.45, 2.75) is 39.4 Å². The van der Waals surface area contributed by atoms with Crippen molar-refractivity contribution in [3.8, 4) is 45.1 Å². The van der Waals surface area contributed by atoms with Crippen LogP contribution in [0.15, 0.2) is 72.8 Å². The number of halogens is 1. The predicted octanol–water partition coefficient (Wildman–Crippen LogP) is 6.91. The summed E-state index contributed by atoms with van der Waals surface area (Å²) in [7, 11) is 0. The molecule has 0 unspecified atom stereocenters. The minimum atomic E-state index is -1.30. The third-order valence-electron chi connectivity index (χ3n) is 7.31. The molecular formula is C35H34FN3O6. The van der Waals surface area contributed by atoms with E-state index >= 15 is 0 Å². The molecule has 2 aliphatic rings. The van der Waals surface area contributed by atoms with Gasteiger partial charge in [-0.3, -0.25) is 0 Å². The number of carbonyl (C=O) groups is 1. The van der Waals surface area contributed by atoms with Gasteiger partial charge in [0.1, 0.15) is 30.5 Å². The summed E-state index contributed by atoms with van der Waals surface area (Å²) in [5.74, 6) is -0.507. The molecule has 1 atom stereocenters. The Morgan fingerprint density at radius 2 is 1.67 bits per heavy atom. The van der Waals surface area contributed by atoms with E-state index in [1.54, 1.807) is 17.5 Å². The molecule has 9 nitrogen and oxygen atoms in total. The second kappa shape index (κ2) is 12.3. The zero-order chi connectivity index (χ0) is 31.7. The fraction of sp³-hybridized carbons (Fsp3) is 0.286. The van der Waals surface area contributed by atoms with Gasteiger partial charge < -0.3 is 24.1 Å². The molecule has 0 amide bonds. The molecule has 5 aromatic rings. The van der Waals surface area contributed by atoms with Gasteiger partial charge >= 0.3 is 5.97 Å². The summed E-state index contributed by atoms with van der Waals surface area (Å²) in [4.78, 5) is 17.5. The molecule has 7 rings (SSSR count). The van der Waals surface area contributed by atoms with Gasteiger partial charge in [0.25, 0.3) is 0 Å². The average Bonchev–Trinajstić information content (AvgIpc) is 3.42. The molecule has 3 aromatic carbocycles. The molecule has 0 aliphatic carbocycles. The van der Waals surface area contributed by atoms with E-state index in [9.17, 15) is 14.3 Å². The first-order valence-corrected chi connectivity index (χ1v) is 14.7. The molecule has 10 heteroatoms. The van der Waals surface area contributed by atoms with Crippen LogP contribution in [0.3, 0.4) is 0 Å². The van der Waals surface area contributed by atoms with Crippen molar-refractivity contribution < 1.29 is 33.2 Å². The summed E-state index contributed by atoms with van der Waals surface area (Å²) < 4.78 is 39.5. The monoisotopic (exact) mass is 611 g/mol. The smallest absolute Gasteiger partial charge is 0.337 e. The predicted molar refractivity (Wildman–Crippen MR) is 167 cm³/mol. The highest BCUT2D eigenvalue weighted by atomic mass is 19.1. The van der Waals surface area contributed by atoms with Crippen LogP contribution in [0.5, 0.6) is 11.5 Å². The fourth-order valence-electron chi connectivity index (χ4n) is 5.39. The number of benzene rings is 3. The average molecular weight is 612 g/mol. The van der Waals surface area contributed by atoms with Crippen LogP contribution in [-0.4, -0.2) is 57.7 Å². The van der Waals surface area contributed by atoms with Gasteiger partial charge in [-0.15, -0.1) is 0 Å². The number of aryl methyl sites for hydroxylation is 1. The van der Waals surface area contributed by atoms with Crippen molar-refractivity contribution >= 4 is 11.6 Å². The molecule has 0 radical (unpaired) electrons. The lowest BCUT2D eigenvalue weighted by Crippen LogP contribution is -2.29. The lowest BCUT2D eigenvalue weighted by Gasteiger charge is -2.27. The quantitative estimate of drug-likeness (QED) is 0.220. The standard InChI is InChI=1S/C35H34FN3O6/c1-21-31(33(34(40)41)45-35(2,3)4)32-22-8-11-26(12-9-22)43-16-14-42-15-17-44-29-19-25(36)10-13-27(29)23-6-5-7-24(18-23)28-20-30(37-21)39(32)38-28/h5-13,18-20,33H,14-17H2,1-4H3,(H,40,41)/t33-/m0/s1. The van der Waals surface area contributed by atoms with Crippen LogP contribution < -0.4 is 9.47 Å². The number of aromatic nitrogens is 3. The number of aliphatic carboxylic acids is 1. The Labute approximate surface area is 260 Å². The van der Waals surface area contributed by atoms with Crippen molar-refractivity contribution in [1.29, 1.82) is 0 Å². The van der Waals surface area contributed by atoms with Gasteiger partial charge in [0.15, 0.2) is 11.8 Å². The van der Waals surface area contributed by atoms with E-state index in [0.717, 1.165) is 22.3 Å². The first-order valence-electron chi connectivity index (χ1n) is 14.7. The number of hydrogen-bond donors (Lipinski definition) is 1.